The molecular formula is C25H26FN3O2. The summed E-state index contributed by atoms with van der Waals surface area (Å²) in [5, 5.41) is 0. The van der Waals surface area contributed by atoms with Crippen LogP contribution in [0.3, 0.4) is 0 Å². The van der Waals surface area contributed by atoms with Crippen LogP contribution in [0.25, 0.3) is 27.8 Å². The van der Waals surface area contributed by atoms with Crippen molar-refractivity contribution in [1.82, 2.24) is 9.38 Å². The Balaban J connectivity index is 1.39. The molecule has 160 valence electrons. The minimum absolute atomic E-state index is 0.0623. The van der Waals surface area contributed by atoms with Gasteiger partial charge in [0, 0.05) is 38.1 Å². The monoisotopic (exact) mass is 419 g/mol. The Morgan fingerprint density at radius 1 is 1.00 bits per heavy atom. The third kappa shape index (κ3) is 3.95. The molecule has 5 nitrogen and oxygen atoms in total. The third-order valence-corrected chi connectivity index (χ3v) is 6.06. The summed E-state index contributed by atoms with van der Waals surface area (Å²) < 4.78 is 25.3. The highest BCUT2D eigenvalue weighted by Gasteiger charge is 2.18. The Bertz CT molecular complexity index is 1180. The molecule has 0 aliphatic carbocycles. The molecule has 0 amide bonds. The lowest BCUT2D eigenvalue weighted by atomic mass is 10.0. The van der Waals surface area contributed by atoms with Gasteiger partial charge in [-0.05, 0) is 60.4 Å². The molecule has 0 atom stereocenters. The molecule has 0 radical (unpaired) electrons. The molecule has 0 bridgehead atoms. The van der Waals surface area contributed by atoms with E-state index in [4.69, 9.17) is 14.5 Å². The summed E-state index contributed by atoms with van der Waals surface area (Å²) in [5.74, 6) is 0.654. The van der Waals surface area contributed by atoms with Crippen LogP contribution in [0.1, 0.15) is 12.8 Å². The maximum Gasteiger partial charge on any atom is 0.138 e. The van der Waals surface area contributed by atoms with E-state index in [0.717, 1.165) is 53.7 Å². The zero-order valence-electron chi connectivity index (χ0n) is 17.6. The number of hydrogen-bond donors (Lipinski definition) is 0. The van der Waals surface area contributed by atoms with E-state index in [9.17, 15) is 4.39 Å². The molecule has 6 heteroatoms. The second-order valence-corrected chi connectivity index (χ2v) is 7.91. The van der Waals surface area contributed by atoms with E-state index in [1.54, 1.807) is 7.11 Å². The van der Waals surface area contributed by atoms with E-state index in [1.807, 2.05) is 28.8 Å². The Morgan fingerprint density at radius 2 is 1.81 bits per heavy atom. The standard InChI is InChI=1S/C25H26FN3O2/c1-30-21-9-12-28(13-10-21)20-4-2-18(3-5-20)19-8-14-29-24-17-22(31-15-11-26)6-7-23(24)27-25(29)16-19/h2-8,14,16-17,21H,9-13,15H2,1H3. The summed E-state index contributed by atoms with van der Waals surface area (Å²) in [6, 6.07) is 18.6. The van der Waals surface area contributed by atoms with Gasteiger partial charge in [0.25, 0.3) is 0 Å². The fourth-order valence-corrected chi connectivity index (χ4v) is 4.33. The predicted molar refractivity (Wildman–Crippen MR) is 122 cm³/mol. The number of imidazole rings is 1. The van der Waals surface area contributed by atoms with Gasteiger partial charge < -0.3 is 14.4 Å². The zero-order chi connectivity index (χ0) is 21.2. The summed E-state index contributed by atoms with van der Waals surface area (Å²) in [6.07, 6.45) is 4.56. The van der Waals surface area contributed by atoms with E-state index in [1.165, 1.54) is 5.69 Å². The number of piperidine rings is 1. The highest BCUT2D eigenvalue weighted by Crippen LogP contribution is 2.28. The Labute approximate surface area is 181 Å². The molecule has 2 aromatic carbocycles. The summed E-state index contributed by atoms with van der Waals surface area (Å²) in [7, 11) is 1.80. The van der Waals surface area contributed by atoms with Crippen molar-refractivity contribution in [1.29, 1.82) is 0 Å². The Kier molecular flexibility index (Phi) is 5.47. The minimum atomic E-state index is -0.501. The van der Waals surface area contributed by atoms with Gasteiger partial charge in [0.15, 0.2) is 0 Å². The van der Waals surface area contributed by atoms with Gasteiger partial charge in [-0.1, -0.05) is 12.1 Å². The molecule has 3 heterocycles. The molecule has 1 aliphatic rings. The first kappa shape index (κ1) is 19.8. The van der Waals surface area contributed by atoms with Gasteiger partial charge in [-0.25, -0.2) is 9.37 Å². The van der Waals surface area contributed by atoms with Crippen LogP contribution < -0.4 is 9.64 Å². The van der Waals surface area contributed by atoms with Crippen molar-refractivity contribution >= 4 is 22.4 Å². The third-order valence-electron chi connectivity index (χ3n) is 6.06. The molecule has 5 rings (SSSR count). The molecule has 1 fully saturated rings. The first-order chi connectivity index (χ1) is 15.2. The summed E-state index contributed by atoms with van der Waals surface area (Å²) in [6.45, 7) is 1.62. The van der Waals surface area contributed by atoms with Gasteiger partial charge in [-0.2, -0.15) is 0 Å². The van der Waals surface area contributed by atoms with Crippen LogP contribution in [0, 0.1) is 0 Å². The zero-order valence-corrected chi connectivity index (χ0v) is 17.6. The van der Waals surface area contributed by atoms with Crippen molar-refractivity contribution in [2.24, 2.45) is 0 Å². The number of halogens is 1. The van der Waals surface area contributed by atoms with Crippen molar-refractivity contribution in [3.8, 4) is 16.9 Å². The molecule has 31 heavy (non-hydrogen) atoms. The van der Waals surface area contributed by atoms with Crippen LogP contribution >= 0.6 is 0 Å². The maximum absolute atomic E-state index is 12.4. The SMILES string of the molecule is COC1CCN(c2ccc(-c3ccn4c(c3)nc3ccc(OCCF)cc34)cc2)CC1. The summed E-state index contributed by atoms with van der Waals surface area (Å²) >= 11 is 0. The first-order valence-electron chi connectivity index (χ1n) is 10.7. The predicted octanol–water partition coefficient (Wildman–Crippen LogP) is 5.12. The van der Waals surface area contributed by atoms with E-state index in [-0.39, 0.29) is 6.61 Å². The van der Waals surface area contributed by atoms with Crippen LogP contribution in [-0.2, 0) is 4.74 Å². The Hall–Kier alpha value is -3.12. The lowest BCUT2D eigenvalue weighted by Crippen LogP contribution is -2.36. The second-order valence-electron chi connectivity index (χ2n) is 7.91. The van der Waals surface area contributed by atoms with E-state index in [0.29, 0.717) is 11.9 Å². The number of benzene rings is 2. The first-order valence-corrected chi connectivity index (χ1v) is 10.7. The lowest BCUT2D eigenvalue weighted by Gasteiger charge is -2.33. The number of alkyl halides is 1. The van der Waals surface area contributed by atoms with Gasteiger partial charge >= 0.3 is 0 Å². The van der Waals surface area contributed by atoms with Gasteiger partial charge in [-0.3, -0.25) is 4.40 Å². The van der Waals surface area contributed by atoms with Crippen LogP contribution in [0.15, 0.2) is 60.8 Å². The molecular weight excluding hydrogens is 393 g/mol. The van der Waals surface area contributed by atoms with Crippen molar-refractivity contribution in [2.45, 2.75) is 18.9 Å². The number of aromatic nitrogens is 2. The number of fused-ring (bicyclic) bond motifs is 3. The fourth-order valence-electron chi connectivity index (χ4n) is 4.33. The summed E-state index contributed by atoms with van der Waals surface area (Å²) in [5.41, 5.74) is 6.26. The average molecular weight is 420 g/mol. The number of nitrogens with zero attached hydrogens (tertiary/aromatic N) is 3. The highest BCUT2D eigenvalue weighted by molar-refractivity contribution is 5.83. The number of ether oxygens (including phenoxy) is 2. The molecule has 0 N–H and O–H groups in total. The summed E-state index contributed by atoms with van der Waals surface area (Å²) in [4.78, 5) is 7.17. The van der Waals surface area contributed by atoms with Crippen LogP contribution in [-0.4, -0.2) is 49.0 Å². The second kappa shape index (κ2) is 8.55. The van der Waals surface area contributed by atoms with Crippen LogP contribution in [0.5, 0.6) is 5.75 Å². The molecule has 4 aromatic rings. The number of pyridine rings is 1. The van der Waals surface area contributed by atoms with Gasteiger partial charge in [0.2, 0.25) is 0 Å². The van der Waals surface area contributed by atoms with Crippen molar-refractivity contribution in [3.05, 3.63) is 60.8 Å². The molecule has 2 aromatic heterocycles. The largest absolute Gasteiger partial charge is 0.491 e. The van der Waals surface area contributed by atoms with E-state index in [2.05, 4.69) is 41.3 Å². The van der Waals surface area contributed by atoms with E-state index >= 15 is 0 Å². The van der Waals surface area contributed by atoms with Gasteiger partial charge in [0.05, 0.1) is 17.1 Å². The maximum atomic E-state index is 12.4. The molecule has 0 unspecified atom stereocenters. The normalized spacial score (nSPS) is 15.1. The van der Waals surface area contributed by atoms with Gasteiger partial charge in [0.1, 0.15) is 24.7 Å². The van der Waals surface area contributed by atoms with Crippen LogP contribution in [0.2, 0.25) is 0 Å². The fraction of sp³-hybridized carbons (Fsp3) is 0.320. The molecule has 1 aliphatic heterocycles. The molecule has 0 spiro atoms. The number of hydrogen-bond acceptors (Lipinski definition) is 4. The lowest BCUT2D eigenvalue weighted by molar-refractivity contribution is 0.0819. The van der Waals surface area contributed by atoms with Gasteiger partial charge in [-0.15, -0.1) is 0 Å². The highest BCUT2D eigenvalue weighted by atomic mass is 19.1. The van der Waals surface area contributed by atoms with E-state index < -0.39 is 6.67 Å². The van der Waals surface area contributed by atoms with Crippen molar-refractivity contribution in [3.63, 3.8) is 0 Å². The topological polar surface area (TPSA) is 39.0 Å². The number of anilines is 1. The van der Waals surface area contributed by atoms with Crippen molar-refractivity contribution in [2.75, 3.05) is 38.4 Å². The quantitative estimate of drug-likeness (QED) is 0.435. The van der Waals surface area contributed by atoms with Crippen LogP contribution in [0.4, 0.5) is 10.1 Å². The number of methoxy groups -OCH3 is 1. The van der Waals surface area contributed by atoms with Crippen molar-refractivity contribution < 1.29 is 13.9 Å². The Morgan fingerprint density at radius 3 is 2.55 bits per heavy atom. The smallest absolute Gasteiger partial charge is 0.138 e. The molecule has 1 saturated heterocycles. The minimum Gasteiger partial charge on any atom is -0.491 e. The average Bonchev–Trinajstić information content (AvgIpc) is 3.20. The molecule has 0 saturated carbocycles. The number of rotatable bonds is 6.